The number of hydrogen-bond acceptors (Lipinski definition) is 4. The third-order valence-electron chi connectivity index (χ3n) is 2.56. The van der Waals surface area contributed by atoms with E-state index in [-0.39, 0.29) is 11.9 Å². The minimum Gasteiger partial charge on any atom is -0.393 e. The van der Waals surface area contributed by atoms with Gasteiger partial charge in [-0.1, -0.05) is 17.3 Å². The number of aliphatic hydroxyl groups excluding tert-OH is 1. The van der Waals surface area contributed by atoms with E-state index in [9.17, 15) is 4.39 Å². The maximum Gasteiger partial charge on any atom is 0.226 e. The highest BCUT2D eigenvalue weighted by atomic mass is 19.1. The number of rotatable bonds is 5. The maximum atomic E-state index is 12.7. The monoisotopic (exact) mass is 250 g/mol. The Morgan fingerprint density at radius 2 is 2.06 bits per heavy atom. The molecular weight excluding hydrogens is 235 g/mol. The van der Waals surface area contributed by atoms with Crippen molar-refractivity contribution in [2.75, 3.05) is 0 Å². The quantitative estimate of drug-likeness (QED) is 0.883. The molecule has 0 saturated carbocycles. The lowest BCUT2D eigenvalue weighted by atomic mass is 10.1. The molecule has 4 nitrogen and oxygen atoms in total. The minimum absolute atomic E-state index is 0.260. The molecule has 0 saturated heterocycles. The lowest BCUT2D eigenvalue weighted by Crippen LogP contribution is -2.01. The van der Waals surface area contributed by atoms with Crippen LogP contribution in [0, 0.1) is 5.82 Å². The van der Waals surface area contributed by atoms with Crippen molar-refractivity contribution in [3.05, 3.63) is 47.4 Å². The van der Waals surface area contributed by atoms with Crippen molar-refractivity contribution >= 4 is 0 Å². The molecule has 1 heterocycles. The summed E-state index contributed by atoms with van der Waals surface area (Å²) in [6.07, 6.45) is 1.29. The standard InChI is InChI=1S/C13H15FN2O2/c1-9(17)2-7-13-15-12(16-18-13)8-10-3-5-11(14)6-4-10/h3-6,9,17H,2,7-8H2,1H3. The highest BCUT2D eigenvalue weighted by molar-refractivity contribution is 5.19. The van der Waals surface area contributed by atoms with Gasteiger partial charge in [0.2, 0.25) is 5.89 Å². The molecule has 1 aromatic carbocycles. The molecule has 5 heteroatoms. The van der Waals surface area contributed by atoms with E-state index in [4.69, 9.17) is 9.63 Å². The molecule has 0 aliphatic carbocycles. The van der Waals surface area contributed by atoms with E-state index in [1.54, 1.807) is 19.1 Å². The van der Waals surface area contributed by atoms with Gasteiger partial charge in [0.05, 0.1) is 6.10 Å². The fourth-order valence-corrected chi connectivity index (χ4v) is 1.58. The van der Waals surface area contributed by atoms with Crippen molar-refractivity contribution in [3.63, 3.8) is 0 Å². The van der Waals surface area contributed by atoms with Gasteiger partial charge in [-0.15, -0.1) is 0 Å². The van der Waals surface area contributed by atoms with E-state index in [2.05, 4.69) is 10.1 Å². The van der Waals surface area contributed by atoms with Crippen LogP contribution in [0.5, 0.6) is 0 Å². The van der Waals surface area contributed by atoms with Crippen LogP contribution in [0.4, 0.5) is 4.39 Å². The van der Waals surface area contributed by atoms with Crippen molar-refractivity contribution in [1.29, 1.82) is 0 Å². The van der Waals surface area contributed by atoms with Gasteiger partial charge in [0.25, 0.3) is 0 Å². The molecule has 18 heavy (non-hydrogen) atoms. The van der Waals surface area contributed by atoms with Crippen molar-refractivity contribution in [1.82, 2.24) is 10.1 Å². The summed E-state index contributed by atoms with van der Waals surface area (Å²) in [6.45, 7) is 1.72. The lowest BCUT2D eigenvalue weighted by Gasteiger charge is -1.98. The molecule has 0 spiro atoms. The average Bonchev–Trinajstić information content (AvgIpc) is 2.77. The Bertz CT molecular complexity index is 494. The van der Waals surface area contributed by atoms with Crippen LogP contribution in [0.2, 0.25) is 0 Å². The summed E-state index contributed by atoms with van der Waals surface area (Å²) in [5, 5.41) is 13.0. The molecule has 0 bridgehead atoms. The zero-order valence-corrected chi connectivity index (χ0v) is 10.1. The highest BCUT2D eigenvalue weighted by Gasteiger charge is 2.08. The number of nitrogens with zero attached hydrogens (tertiary/aromatic N) is 2. The molecule has 0 amide bonds. The number of aryl methyl sites for hydroxylation is 1. The Labute approximate surface area is 104 Å². The normalized spacial score (nSPS) is 12.6. The first-order valence-corrected chi connectivity index (χ1v) is 5.87. The second kappa shape index (κ2) is 5.73. The lowest BCUT2D eigenvalue weighted by molar-refractivity contribution is 0.180. The number of hydrogen-bond donors (Lipinski definition) is 1. The van der Waals surface area contributed by atoms with E-state index in [0.29, 0.717) is 31.0 Å². The van der Waals surface area contributed by atoms with Crippen LogP contribution in [-0.2, 0) is 12.8 Å². The summed E-state index contributed by atoms with van der Waals surface area (Å²) < 4.78 is 17.8. The first kappa shape index (κ1) is 12.7. The molecule has 0 radical (unpaired) electrons. The summed E-state index contributed by atoms with van der Waals surface area (Å²) >= 11 is 0. The van der Waals surface area contributed by atoms with Crippen LogP contribution in [-0.4, -0.2) is 21.4 Å². The molecule has 1 unspecified atom stereocenters. The minimum atomic E-state index is -0.377. The summed E-state index contributed by atoms with van der Waals surface area (Å²) in [6, 6.07) is 6.20. The Kier molecular flexibility index (Phi) is 4.04. The van der Waals surface area contributed by atoms with Gasteiger partial charge in [-0.05, 0) is 31.0 Å². The van der Waals surface area contributed by atoms with Crippen LogP contribution in [0.3, 0.4) is 0 Å². The van der Waals surface area contributed by atoms with Crippen LogP contribution >= 0.6 is 0 Å². The number of aliphatic hydroxyl groups is 1. The van der Waals surface area contributed by atoms with E-state index in [1.165, 1.54) is 12.1 Å². The second-order valence-corrected chi connectivity index (χ2v) is 4.30. The maximum absolute atomic E-state index is 12.7. The van der Waals surface area contributed by atoms with Crippen molar-refractivity contribution in [2.24, 2.45) is 0 Å². The van der Waals surface area contributed by atoms with E-state index >= 15 is 0 Å². The van der Waals surface area contributed by atoms with Gasteiger partial charge in [-0.2, -0.15) is 4.98 Å². The number of halogens is 1. The number of benzene rings is 1. The molecule has 0 aliphatic rings. The Balaban J connectivity index is 1.95. The van der Waals surface area contributed by atoms with Crippen LogP contribution in [0.15, 0.2) is 28.8 Å². The molecular formula is C13H15FN2O2. The Hall–Kier alpha value is -1.75. The molecule has 2 rings (SSSR count). The summed E-state index contributed by atoms with van der Waals surface area (Å²) in [5.74, 6) is 0.833. The molecule has 96 valence electrons. The zero-order valence-electron chi connectivity index (χ0n) is 10.1. The summed E-state index contributed by atoms with van der Waals surface area (Å²) in [5.41, 5.74) is 0.930. The van der Waals surface area contributed by atoms with Gasteiger partial charge in [0.1, 0.15) is 5.82 Å². The smallest absolute Gasteiger partial charge is 0.226 e. The largest absolute Gasteiger partial charge is 0.393 e. The van der Waals surface area contributed by atoms with Gasteiger partial charge >= 0.3 is 0 Å². The highest BCUT2D eigenvalue weighted by Crippen LogP contribution is 2.09. The molecule has 0 aliphatic heterocycles. The molecule has 1 atom stereocenters. The first-order valence-electron chi connectivity index (χ1n) is 5.87. The predicted molar refractivity (Wildman–Crippen MR) is 63.5 cm³/mol. The van der Waals surface area contributed by atoms with Gasteiger partial charge in [-0.25, -0.2) is 4.39 Å². The van der Waals surface area contributed by atoms with E-state index in [0.717, 1.165) is 5.56 Å². The van der Waals surface area contributed by atoms with Gasteiger partial charge in [0, 0.05) is 12.8 Å². The zero-order chi connectivity index (χ0) is 13.0. The topological polar surface area (TPSA) is 59.2 Å². The van der Waals surface area contributed by atoms with Crippen LogP contribution in [0.25, 0.3) is 0 Å². The van der Waals surface area contributed by atoms with Gasteiger partial charge in [-0.3, -0.25) is 0 Å². The number of aromatic nitrogens is 2. The molecule has 1 N–H and O–H groups in total. The predicted octanol–water partition coefficient (Wildman–Crippen LogP) is 2.11. The SMILES string of the molecule is CC(O)CCc1nc(Cc2ccc(F)cc2)no1. The summed E-state index contributed by atoms with van der Waals surface area (Å²) in [4.78, 5) is 4.22. The third kappa shape index (κ3) is 3.63. The van der Waals surface area contributed by atoms with Crippen molar-refractivity contribution in [2.45, 2.75) is 32.3 Å². The fraction of sp³-hybridized carbons (Fsp3) is 0.385. The first-order chi connectivity index (χ1) is 8.63. The molecule has 1 aromatic heterocycles. The van der Waals surface area contributed by atoms with Crippen molar-refractivity contribution < 1.29 is 14.0 Å². The van der Waals surface area contributed by atoms with Gasteiger partial charge < -0.3 is 9.63 Å². The fourth-order valence-electron chi connectivity index (χ4n) is 1.58. The molecule has 0 fully saturated rings. The average molecular weight is 250 g/mol. The van der Waals surface area contributed by atoms with E-state index in [1.807, 2.05) is 0 Å². The summed E-state index contributed by atoms with van der Waals surface area (Å²) in [7, 11) is 0. The molecule has 2 aromatic rings. The Morgan fingerprint density at radius 3 is 2.72 bits per heavy atom. The van der Waals surface area contributed by atoms with Crippen molar-refractivity contribution in [3.8, 4) is 0 Å². The van der Waals surface area contributed by atoms with Gasteiger partial charge in [0.15, 0.2) is 5.82 Å². The second-order valence-electron chi connectivity index (χ2n) is 4.30. The third-order valence-corrected chi connectivity index (χ3v) is 2.56. The van der Waals surface area contributed by atoms with Crippen LogP contribution in [0.1, 0.15) is 30.6 Å². The Morgan fingerprint density at radius 1 is 1.33 bits per heavy atom. The van der Waals surface area contributed by atoms with E-state index < -0.39 is 0 Å². The van der Waals surface area contributed by atoms with Crippen LogP contribution < -0.4 is 0 Å².